The topological polar surface area (TPSA) is 60.4 Å². The number of rotatable bonds is 8. The molecular formula is C19H22O4S. The highest BCUT2D eigenvalue weighted by Gasteiger charge is 2.15. The summed E-state index contributed by atoms with van der Waals surface area (Å²) in [6.45, 7) is 3.72. The van der Waals surface area contributed by atoms with E-state index in [2.05, 4.69) is 6.92 Å². The number of hydrogen-bond acceptors (Lipinski definition) is 4. The lowest BCUT2D eigenvalue weighted by Crippen LogP contribution is -2.10. The molecule has 0 aliphatic heterocycles. The fraction of sp³-hybridized carbons (Fsp3) is 0.316. The number of carbonyl (C=O) groups is 1. The van der Waals surface area contributed by atoms with Crippen molar-refractivity contribution in [2.45, 2.75) is 37.7 Å². The summed E-state index contributed by atoms with van der Waals surface area (Å²) in [4.78, 5) is 11.6. The molecule has 0 spiro atoms. The standard InChI is InChI=1S/C19H22O4S/c1-3-5-15-6-10-17(11-7-15)23-19(14-20)16-8-12-18(13-9-16)24(21,22)4-2/h6-14,19H,3-5H2,1-2H3. The van der Waals surface area contributed by atoms with E-state index < -0.39 is 15.9 Å². The van der Waals surface area contributed by atoms with E-state index in [4.69, 9.17) is 4.74 Å². The first-order valence-electron chi connectivity index (χ1n) is 8.03. The maximum Gasteiger partial charge on any atom is 0.179 e. The number of sulfone groups is 1. The molecule has 0 fully saturated rings. The van der Waals surface area contributed by atoms with Crippen molar-refractivity contribution in [1.82, 2.24) is 0 Å². The Morgan fingerprint density at radius 1 is 1.00 bits per heavy atom. The van der Waals surface area contributed by atoms with Crippen LogP contribution in [-0.4, -0.2) is 20.5 Å². The Morgan fingerprint density at radius 3 is 2.12 bits per heavy atom. The van der Waals surface area contributed by atoms with Gasteiger partial charge in [-0.2, -0.15) is 0 Å². The highest BCUT2D eigenvalue weighted by Crippen LogP contribution is 2.23. The quantitative estimate of drug-likeness (QED) is 0.683. The lowest BCUT2D eigenvalue weighted by molar-refractivity contribution is -0.113. The Labute approximate surface area is 143 Å². The van der Waals surface area contributed by atoms with Gasteiger partial charge in [0.1, 0.15) is 5.75 Å². The van der Waals surface area contributed by atoms with Gasteiger partial charge < -0.3 is 4.74 Å². The van der Waals surface area contributed by atoms with Gasteiger partial charge in [0, 0.05) is 0 Å². The van der Waals surface area contributed by atoms with Gasteiger partial charge in [0.25, 0.3) is 0 Å². The van der Waals surface area contributed by atoms with Crippen LogP contribution in [0.3, 0.4) is 0 Å². The molecule has 0 N–H and O–H groups in total. The Hall–Kier alpha value is -2.14. The third-order valence-corrected chi connectivity index (χ3v) is 5.55. The highest BCUT2D eigenvalue weighted by molar-refractivity contribution is 7.91. The molecule has 0 amide bonds. The summed E-state index contributed by atoms with van der Waals surface area (Å²) in [6, 6.07) is 13.9. The molecule has 0 saturated heterocycles. The normalized spacial score (nSPS) is 12.6. The van der Waals surface area contributed by atoms with Gasteiger partial charge in [0.05, 0.1) is 10.6 Å². The Balaban J connectivity index is 2.15. The van der Waals surface area contributed by atoms with Gasteiger partial charge in [-0.1, -0.05) is 44.5 Å². The average Bonchev–Trinajstić information content (AvgIpc) is 2.61. The number of carbonyl (C=O) groups excluding carboxylic acids is 1. The van der Waals surface area contributed by atoms with E-state index in [0.717, 1.165) is 12.8 Å². The molecule has 24 heavy (non-hydrogen) atoms. The van der Waals surface area contributed by atoms with Gasteiger partial charge in [0.2, 0.25) is 0 Å². The first kappa shape index (κ1) is 18.2. The van der Waals surface area contributed by atoms with Crippen LogP contribution in [0.25, 0.3) is 0 Å². The molecule has 1 unspecified atom stereocenters. The highest BCUT2D eigenvalue weighted by atomic mass is 32.2. The molecule has 0 aliphatic carbocycles. The van der Waals surface area contributed by atoms with Crippen LogP contribution in [0.2, 0.25) is 0 Å². The predicted octanol–water partition coefficient (Wildman–Crippen LogP) is 3.75. The second-order valence-corrected chi connectivity index (χ2v) is 7.82. The van der Waals surface area contributed by atoms with E-state index in [1.807, 2.05) is 24.3 Å². The number of aryl methyl sites for hydroxylation is 1. The maximum absolute atomic E-state index is 11.8. The van der Waals surface area contributed by atoms with E-state index in [9.17, 15) is 13.2 Å². The van der Waals surface area contributed by atoms with E-state index >= 15 is 0 Å². The zero-order chi connectivity index (χ0) is 17.6. The fourth-order valence-electron chi connectivity index (χ4n) is 2.38. The number of aldehydes is 1. The van der Waals surface area contributed by atoms with Crippen LogP contribution in [0, 0.1) is 0 Å². The molecule has 128 valence electrons. The van der Waals surface area contributed by atoms with Crippen LogP contribution in [-0.2, 0) is 21.1 Å². The summed E-state index contributed by atoms with van der Waals surface area (Å²) < 4.78 is 29.4. The molecular weight excluding hydrogens is 324 g/mol. The molecule has 2 rings (SSSR count). The van der Waals surface area contributed by atoms with Crippen molar-refractivity contribution in [1.29, 1.82) is 0 Å². The molecule has 5 heteroatoms. The largest absolute Gasteiger partial charge is 0.478 e. The van der Waals surface area contributed by atoms with Crippen LogP contribution in [0.4, 0.5) is 0 Å². The van der Waals surface area contributed by atoms with Gasteiger partial charge in [-0.15, -0.1) is 0 Å². The zero-order valence-corrected chi connectivity index (χ0v) is 14.8. The summed E-state index contributed by atoms with van der Waals surface area (Å²) >= 11 is 0. The third-order valence-electron chi connectivity index (χ3n) is 3.80. The minimum absolute atomic E-state index is 0.0457. The number of benzene rings is 2. The lowest BCUT2D eigenvalue weighted by Gasteiger charge is -2.15. The molecule has 0 bridgehead atoms. The molecule has 0 aromatic heterocycles. The number of hydrogen-bond donors (Lipinski definition) is 0. The minimum atomic E-state index is -3.25. The fourth-order valence-corrected chi connectivity index (χ4v) is 3.26. The second-order valence-electron chi connectivity index (χ2n) is 5.54. The molecule has 0 aliphatic rings. The molecule has 4 nitrogen and oxygen atoms in total. The van der Waals surface area contributed by atoms with Gasteiger partial charge >= 0.3 is 0 Å². The van der Waals surface area contributed by atoms with Gasteiger partial charge in [0.15, 0.2) is 22.2 Å². The average molecular weight is 346 g/mol. The van der Waals surface area contributed by atoms with Gasteiger partial charge in [-0.25, -0.2) is 8.42 Å². The summed E-state index contributed by atoms with van der Waals surface area (Å²) in [5, 5.41) is 0. The van der Waals surface area contributed by atoms with Crippen LogP contribution in [0.15, 0.2) is 53.4 Å². The smallest absolute Gasteiger partial charge is 0.179 e. The second kappa shape index (κ2) is 8.11. The molecule has 0 heterocycles. The SMILES string of the molecule is CCCc1ccc(OC(C=O)c2ccc(S(=O)(=O)CC)cc2)cc1. The number of ether oxygens (including phenoxy) is 1. The first-order valence-corrected chi connectivity index (χ1v) is 9.69. The Kier molecular flexibility index (Phi) is 6.15. The van der Waals surface area contributed by atoms with Gasteiger partial charge in [-0.3, -0.25) is 4.79 Å². The van der Waals surface area contributed by atoms with Crippen molar-refractivity contribution in [3.8, 4) is 5.75 Å². The van der Waals surface area contributed by atoms with Crippen LogP contribution in [0.5, 0.6) is 5.75 Å². The van der Waals surface area contributed by atoms with Crippen LogP contribution < -0.4 is 4.74 Å². The Morgan fingerprint density at radius 2 is 1.62 bits per heavy atom. The molecule has 2 aromatic carbocycles. The molecule has 0 radical (unpaired) electrons. The van der Waals surface area contributed by atoms with E-state index in [-0.39, 0.29) is 10.6 Å². The molecule has 0 saturated carbocycles. The van der Waals surface area contributed by atoms with E-state index in [0.29, 0.717) is 17.6 Å². The summed E-state index contributed by atoms with van der Waals surface area (Å²) in [7, 11) is -3.25. The minimum Gasteiger partial charge on any atom is -0.478 e. The van der Waals surface area contributed by atoms with Crippen molar-refractivity contribution in [3.63, 3.8) is 0 Å². The Bertz CT molecular complexity index is 762. The van der Waals surface area contributed by atoms with E-state index in [1.165, 1.54) is 17.7 Å². The van der Waals surface area contributed by atoms with E-state index in [1.54, 1.807) is 19.1 Å². The van der Waals surface area contributed by atoms with Crippen molar-refractivity contribution in [2.75, 3.05) is 5.75 Å². The molecule has 2 aromatic rings. The monoisotopic (exact) mass is 346 g/mol. The van der Waals surface area contributed by atoms with Gasteiger partial charge in [-0.05, 0) is 41.8 Å². The molecule has 1 atom stereocenters. The van der Waals surface area contributed by atoms with Crippen molar-refractivity contribution in [3.05, 3.63) is 59.7 Å². The van der Waals surface area contributed by atoms with Crippen molar-refractivity contribution in [2.24, 2.45) is 0 Å². The van der Waals surface area contributed by atoms with Crippen LogP contribution in [0.1, 0.15) is 37.5 Å². The van der Waals surface area contributed by atoms with Crippen LogP contribution >= 0.6 is 0 Å². The third kappa shape index (κ3) is 4.45. The maximum atomic E-state index is 11.8. The lowest BCUT2D eigenvalue weighted by atomic mass is 10.1. The first-order chi connectivity index (χ1) is 11.5. The zero-order valence-electron chi connectivity index (χ0n) is 13.9. The van der Waals surface area contributed by atoms with Crippen molar-refractivity contribution < 1.29 is 17.9 Å². The summed E-state index contributed by atoms with van der Waals surface area (Å²) in [6.07, 6.45) is 2.03. The summed E-state index contributed by atoms with van der Waals surface area (Å²) in [5.74, 6) is 0.654. The summed E-state index contributed by atoms with van der Waals surface area (Å²) in [5.41, 5.74) is 1.85. The van der Waals surface area contributed by atoms with Crippen molar-refractivity contribution >= 4 is 16.1 Å². The predicted molar refractivity (Wildman–Crippen MR) is 94.0 cm³/mol.